The van der Waals surface area contributed by atoms with E-state index < -0.39 is 0 Å². The van der Waals surface area contributed by atoms with Crippen molar-refractivity contribution in [1.82, 2.24) is 20.0 Å². The molecular weight excluding hydrogens is 284 g/mol. The van der Waals surface area contributed by atoms with E-state index in [-0.39, 0.29) is 0 Å². The van der Waals surface area contributed by atoms with Crippen LogP contribution in [0, 0.1) is 0 Å². The third-order valence-corrected chi connectivity index (χ3v) is 3.95. The zero-order chi connectivity index (χ0) is 14.7. The number of carbonyl (C=O) groups is 1. The van der Waals surface area contributed by atoms with Gasteiger partial charge in [-0.05, 0) is 6.42 Å². The maximum absolute atomic E-state index is 11.0. The number of hydrogen-bond acceptors (Lipinski definition) is 5. The zero-order valence-corrected chi connectivity index (χ0v) is 12.4. The fourth-order valence-corrected chi connectivity index (χ4v) is 2.94. The van der Waals surface area contributed by atoms with Crippen molar-refractivity contribution in [2.75, 3.05) is 0 Å². The van der Waals surface area contributed by atoms with Crippen LogP contribution in [-0.4, -0.2) is 26.3 Å². The van der Waals surface area contributed by atoms with Gasteiger partial charge in [-0.1, -0.05) is 48.9 Å². The van der Waals surface area contributed by atoms with Crippen LogP contribution in [0.4, 0.5) is 0 Å². The van der Waals surface area contributed by atoms with E-state index >= 15 is 0 Å². The Morgan fingerprint density at radius 2 is 2.10 bits per heavy atom. The van der Waals surface area contributed by atoms with E-state index in [2.05, 4.69) is 22.2 Å². The number of aromatic nitrogens is 4. The van der Waals surface area contributed by atoms with Crippen LogP contribution in [0.1, 0.15) is 29.5 Å². The maximum atomic E-state index is 11.0. The van der Waals surface area contributed by atoms with E-state index in [1.807, 2.05) is 35.7 Å². The second kappa shape index (κ2) is 5.97. The second-order valence-corrected chi connectivity index (χ2v) is 5.42. The van der Waals surface area contributed by atoms with Crippen LogP contribution < -0.4 is 0 Å². The molecule has 3 rings (SSSR count). The molecule has 106 valence electrons. The van der Waals surface area contributed by atoms with Crippen molar-refractivity contribution in [3.8, 4) is 16.4 Å². The van der Waals surface area contributed by atoms with Crippen LogP contribution in [0.3, 0.4) is 0 Å². The van der Waals surface area contributed by atoms with Gasteiger partial charge in [0.2, 0.25) is 5.13 Å². The van der Waals surface area contributed by atoms with Gasteiger partial charge in [0.15, 0.2) is 6.29 Å². The lowest BCUT2D eigenvalue weighted by Gasteiger charge is -2.01. The first-order valence-corrected chi connectivity index (χ1v) is 7.62. The Morgan fingerprint density at radius 3 is 2.81 bits per heavy atom. The predicted octanol–water partition coefficient (Wildman–Crippen LogP) is 3.16. The summed E-state index contributed by atoms with van der Waals surface area (Å²) in [6, 6.07) is 9.98. The Hall–Kier alpha value is -2.34. The molecule has 0 aliphatic heterocycles. The van der Waals surface area contributed by atoms with Crippen LogP contribution in [-0.2, 0) is 6.42 Å². The Bertz CT molecular complexity index is 748. The topological polar surface area (TPSA) is 60.7 Å². The lowest BCUT2D eigenvalue weighted by molar-refractivity contribution is 0.111. The molecule has 0 saturated carbocycles. The molecule has 0 aliphatic rings. The normalized spacial score (nSPS) is 10.7. The molecule has 21 heavy (non-hydrogen) atoms. The van der Waals surface area contributed by atoms with Gasteiger partial charge in [-0.2, -0.15) is 4.68 Å². The van der Waals surface area contributed by atoms with Gasteiger partial charge < -0.3 is 0 Å². The molecule has 0 amide bonds. The van der Waals surface area contributed by atoms with Gasteiger partial charge in [0, 0.05) is 10.9 Å². The molecule has 0 unspecified atom stereocenters. The van der Waals surface area contributed by atoms with Crippen molar-refractivity contribution in [2.45, 2.75) is 19.8 Å². The monoisotopic (exact) mass is 298 g/mol. The van der Waals surface area contributed by atoms with E-state index in [0.717, 1.165) is 41.2 Å². The highest BCUT2D eigenvalue weighted by Crippen LogP contribution is 2.24. The predicted molar refractivity (Wildman–Crippen MR) is 81.8 cm³/mol. The minimum Gasteiger partial charge on any atom is -0.296 e. The van der Waals surface area contributed by atoms with Gasteiger partial charge in [-0.15, -0.1) is 16.4 Å². The number of thiazole rings is 1. The lowest BCUT2D eigenvalue weighted by Crippen LogP contribution is -2.03. The molecule has 2 heterocycles. The molecule has 0 saturated heterocycles. The molecule has 0 aliphatic carbocycles. The van der Waals surface area contributed by atoms with E-state index in [1.54, 1.807) is 4.68 Å². The van der Waals surface area contributed by atoms with Crippen molar-refractivity contribution in [3.63, 3.8) is 0 Å². The largest absolute Gasteiger partial charge is 0.296 e. The van der Waals surface area contributed by atoms with Crippen LogP contribution in [0.25, 0.3) is 16.4 Å². The van der Waals surface area contributed by atoms with Crippen molar-refractivity contribution in [3.05, 3.63) is 47.1 Å². The number of benzene rings is 1. The van der Waals surface area contributed by atoms with Gasteiger partial charge in [0.1, 0.15) is 5.69 Å². The smallest absolute Gasteiger partial charge is 0.212 e. The van der Waals surface area contributed by atoms with E-state index in [1.165, 1.54) is 11.3 Å². The molecule has 0 spiro atoms. The molecule has 0 atom stereocenters. The molecule has 2 aromatic heterocycles. The molecule has 1 aromatic carbocycles. The van der Waals surface area contributed by atoms with Crippen molar-refractivity contribution < 1.29 is 4.79 Å². The summed E-state index contributed by atoms with van der Waals surface area (Å²) in [5, 5.41) is 10.7. The summed E-state index contributed by atoms with van der Waals surface area (Å²) < 4.78 is 1.67. The molecule has 6 heteroatoms. The first kappa shape index (κ1) is 13.6. The Kier molecular flexibility index (Phi) is 3.87. The summed E-state index contributed by atoms with van der Waals surface area (Å²) in [5.74, 6) is 0. The van der Waals surface area contributed by atoms with E-state index in [4.69, 9.17) is 0 Å². The van der Waals surface area contributed by atoms with Crippen molar-refractivity contribution in [1.29, 1.82) is 0 Å². The van der Waals surface area contributed by atoms with E-state index in [9.17, 15) is 4.79 Å². The molecule has 5 nitrogen and oxygen atoms in total. The average Bonchev–Trinajstić information content (AvgIpc) is 3.15. The minimum absolute atomic E-state index is 0.397. The fourth-order valence-electron chi connectivity index (χ4n) is 2.13. The van der Waals surface area contributed by atoms with Gasteiger partial charge in [-0.25, -0.2) is 4.98 Å². The zero-order valence-electron chi connectivity index (χ0n) is 11.6. The van der Waals surface area contributed by atoms with Gasteiger partial charge >= 0.3 is 0 Å². The molecule has 0 bridgehead atoms. The molecule has 0 N–H and O–H groups in total. The summed E-state index contributed by atoms with van der Waals surface area (Å²) in [5.41, 5.74) is 3.18. The van der Waals surface area contributed by atoms with Crippen molar-refractivity contribution in [2.24, 2.45) is 0 Å². The number of nitrogens with zero attached hydrogens (tertiary/aromatic N) is 4. The van der Waals surface area contributed by atoms with Crippen LogP contribution in [0.15, 0.2) is 35.7 Å². The summed E-state index contributed by atoms with van der Waals surface area (Å²) in [7, 11) is 0. The maximum Gasteiger partial charge on any atom is 0.212 e. The van der Waals surface area contributed by atoms with Crippen LogP contribution in [0.5, 0.6) is 0 Å². The third-order valence-electron chi connectivity index (χ3n) is 3.13. The quantitative estimate of drug-likeness (QED) is 0.679. The van der Waals surface area contributed by atoms with E-state index in [0.29, 0.717) is 5.69 Å². The fraction of sp³-hybridized carbons (Fsp3) is 0.200. The van der Waals surface area contributed by atoms with Crippen molar-refractivity contribution >= 4 is 17.6 Å². The highest BCUT2D eigenvalue weighted by Gasteiger charge is 2.15. The Morgan fingerprint density at radius 1 is 1.29 bits per heavy atom. The van der Waals surface area contributed by atoms with Gasteiger partial charge in [0.25, 0.3) is 0 Å². The highest BCUT2D eigenvalue weighted by molar-refractivity contribution is 7.12. The molecule has 0 radical (unpaired) electrons. The number of hydrogen-bond donors (Lipinski definition) is 0. The average molecular weight is 298 g/mol. The lowest BCUT2D eigenvalue weighted by atomic mass is 10.2. The third kappa shape index (κ3) is 2.62. The Balaban J connectivity index is 2.00. The number of rotatable bonds is 5. The Labute approximate surface area is 126 Å². The molecule has 0 fully saturated rings. The van der Waals surface area contributed by atoms with Gasteiger partial charge in [0.05, 0.1) is 11.4 Å². The first-order valence-electron chi connectivity index (χ1n) is 6.74. The first-order chi connectivity index (χ1) is 10.3. The SMILES string of the molecule is CCCc1c(C=O)nnn1-c1nc(-c2ccccc2)cs1. The van der Waals surface area contributed by atoms with Crippen LogP contribution in [0.2, 0.25) is 0 Å². The highest BCUT2D eigenvalue weighted by atomic mass is 32.1. The number of carbonyl (C=O) groups excluding carboxylic acids is 1. The number of aldehydes is 1. The standard InChI is InChI=1S/C15H14N4OS/c1-2-6-14-12(9-20)17-18-19(14)15-16-13(10-21-15)11-7-4-3-5-8-11/h3-5,7-10H,2,6H2,1H3. The summed E-state index contributed by atoms with van der Waals surface area (Å²) >= 11 is 1.49. The minimum atomic E-state index is 0.397. The summed E-state index contributed by atoms with van der Waals surface area (Å²) in [6.07, 6.45) is 2.42. The van der Waals surface area contributed by atoms with Gasteiger partial charge in [-0.3, -0.25) is 4.79 Å². The summed E-state index contributed by atoms with van der Waals surface area (Å²) in [4.78, 5) is 15.6. The molecule has 3 aromatic rings. The second-order valence-electron chi connectivity index (χ2n) is 4.58. The molecular formula is C15H14N4OS. The summed E-state index contributed by atoms with van der Waals surface area (Å²) in [6.45, 7) is 2.06. The van der Waals surface area contributed by atoms with Crippen LogP contribution >= 0.6 is 11.3 Å².